The minimum absolute atomic E-state index is 0.429. The molecule has 0 aromatic carbocycles. The average molecular weight is 444 g/mol. The molecule has 0 rings (SSSR count). The largest absolute Gasteiger partial charge is 0.394 e. The van der Waals surface area contributed by atoms with Crippen LogP contribution in [-0.4, -0.2) is 53.9 Å². The highest BCUT2D eigenvalue weighted by Crippen LogP contribution is 2.13. The predicted molar refractivity (Wildman–Crippen MR) is 127 cm³/mol. The Morgan fingerprint density at radius 1 is 0.677 bits per heavy atom. The molecule has 0 bridgehead atoms. The number of rotatable bonds is 22. The Hall–Kier alpha value is -1.18. The van der Waals surface area contributed by atoms with Crippen molar-refractivity contribution in [3.63, 3.8) is 0 Å². The maximum atomic E-state index is 12.0. The van der Waals surface area contributed by atoms with Crippen LogP contribution in [0.1, 0.15) is 110 Å². The molecule has 0 heterocycles. The summed E-state index contributed by atoms with van der Waals surface area (Å²) in [5.41, 5.74) is 5.39. The number of nitrogens with one attached hydrogen (secondary N) is 2. The molecular formula is C24H49N3O4. The van der Waals surface area contributed by atoms with Gasteiger partial charge in [0.1, 0.15) is 12.1 Å². The lowest BCUT2D eigenvalue weighted by Gasteiger charge is -2.18. The van der Waals surface area contributed by atoms with Gasteiger partial charge in [-0.05, 0) is 6.42 Å². The normalized spacial score (nSPS) is 13.0. The van der Waals surface area contributed by atoms with Gasteiger partial charge in [0.2, 0.25) is 11.8 Å². The Kier molecular flexibility index (Phi) is 21.2. The SMILES string of the molecule is CCCCCCCCCCCCCCCCCCNC(=O)[C@H](CO)NC(=O)[C@@H](N)CO. The fourth-order valence-corrected chi connectivity index (χ4v) is 3.56. The summed E-state index contributed by atoms with van der Waals surface area (Å²) < 4.78 is 0. The van der Waals surface area contributed by atoms with E-state index < -0.39 is 37.1 Å². The summed E-state index contributed by atoms with van der Waals surface area (Å²) in [7, 11) is 0. The van der Waals surface area contributed by atoms with E-state index in [9.17, 15) is 14.7 Å². The third-order valence-corrected chi connectivity index (χ3v) is 5.68. The summed E-state index contributed by atoms with van der Waals surface area (Å²) >= 11 is 0. The summed E-state index contributed by atoms with van der Waals surface area (Å²) in [6.45, 7) is 1.77. The second kappa shape index (κ2) is 22.0. The minimum atomic E-state index is -1.10. The first-order valence-electron chi connectivity index (χ1n) is 12.6. The Morgan fingerprint density at radius 3 is 1.48 bits per heavy atom. The molecule has 184 valence electrons. The first kappa shape index (κ1) is 29.8. The van der Waals surface area contributed by atoms with E-state index in [1.165, 1.54) is 89.9 Å². The first-order chi connectivity index (χ1) is 15.1. The zero-order valence-electron chi connectivity index (χ0n) is 19.9. The lowest BCUT2D eigenvalue weighted by atomic mass is 10.0. The van der Waals surface area contributed by atoms with Crippen molar-refractivity contribution in [2.45, 2.75) is 122 Å². The monoisotopic (exact) mass is 443 g/mol. The fraction of sp³-hybridized carbons (Fsp3) is 0.917. The summed E-state index contributed by atoms with van der Waals surface area (Å²) in [6, 6.07) is -2.13. The summed E-state index contributed by atoms with van der Waals surface area (Å²) in [5.74, 6) is -1.08. The number of hydrogen-bond acceptors (Lipinski definition) is 5. The van der Waals surface area contributed by atoms with Crippen LogP contribution in [0.15, 0.2) is 0 Å². The van der Waals surface area contributed by atoms with Gasteiger partial charge in [-0.25, -0.2) is 0 Å². The van der Waals surface area contributed by atoms with E-state index >= 15 is 0 Å². The van der Waals surface area contributed by atoms with Crippen LogP contribution in [-0.2, 0) is 9.59 Å². The molecule has 0 aliphatic heterocycles. The molecule has 6 N–H and O–H groups in total. The Labute approximate surface area is 189 Å². The van der Waals surface area contributed by atoms with Crippen LogP contribution in [0, 0.1) is 0 Å². The fourth-order valence-electron chi connectivity index (χ4n) is 3.56. The van der Waals surface area contributed by atoms with Crippen molar-refractivity contribution in [3.05, 3.63) is 0 Å². The van der Waals surface area contributed by atoms with Crippen molar-refractivity contribution in [3.8, 4) is 0 Å². The van der Waals surface area contributed by atoms with Crippen LogP contribution in [0.5, 0.6) is 0 Å². The first-order valence-corrected chi connectivity index (χ1v) is 12.6. The number of unbranched alkanes of at least 4 members (excludes halogenated alkanes) is 15. The van der Waals surface area contributed by atoms with Gasteiger partial charge in [0.15, 0.2) is 0 Å². The van der Waals surface area contributed by atoms with E-state index in [0.717, 1.165) is 12.8 Å². The van der Waals surface area contributed by atoms with Gasteiger partial charge < -0.3 is 26.6 Å². The summed E-state index contributed by atoms with van der Waals surface area (Å²) in [6.07, 6.45) is 20.8. The maximum absolute atomic E-state index is 12.0. The third-order valence-electron chi connectivity index (χ3n) is 5.68. The van der Waals surface area contributed by atoms with Gasteiger partial charge in [0.05, 0.1) is 13.2 Å². The molecule has 0 aromatic rings. The molecule has 0 aromatic heterocycles. The van der Waals surface area contributed by atoms with Crippen molar-refractivity contribution in [2.24, 2.45) is 5.73 Å². The van der Waals surface area contributed by atoms with Gasteiger partial charge in [-0.1, -0.05) is 103 Å². The Balaban J connectivity index is 3.45. The number of nitrogens with two attached hydrogens (primary N) is 1. The quantitative estimate of drug-likeness (QED) is 0.164. The van der Waals surface area contributed by atoms with Crippen molar-refractivity contribution in [2.75, 3.05) is 19.8 Å². The van der Waals surface area contributed by atoms with Gasteiger partial charge in [0.25, 0.3) is 0 Å². The zero-order valence-corrected chi connectivity index (χ0v) is 19.9. The minimum Gasteiger partial charge on any atom is -0.394 e. The molecule has 2 atom stereocenters. The summed E-state index contributed by atoms with van der Waals surface area (Å²) in [4.78, 5) is 23.6. The van der Waals surface area contributed by atoms with Gasteiger partial charge in [-0.15, -0.1) is 0 Å². The van der Waals surface area contributed by atoms with E-state index in [1.54, 1.807) is 0 Å². The highest BCUT2D eigenvalue weighted by atomic mass is 16.3. The van der Waals surface area contributed by atoms with Crippen LogP contribution in [0.2, 0.25) is 0 Å². The standard InChI is InChI=1S/C24H49N3O4/c1-2-3-4-5-6-7-8-9-10-11-12-13-14-15-16-17-18-26-24(31)22(20-29)27-23(30)21(25)19-28/h21-22,28-29H,2-20,25H2,1H3,(H,26,31)(H,27,30)/t21-,22-/m0/s1. The molecule has 0 saturated carbocycles. The van der Waals surface area contributed by atoms with E-state index in [4.69, 9.17) is 10.8 Å². The van der Waals surface area contributed by atoms with E-state index in [2.05, 4.69) is 17.6 Å². The molecule has 0 aliphatic carbocycles. The molecule has 31 heavy (non-hydrogen) atoms. The zero-order chi connectivity index (χ0) is 23.2. The highest BCUT2D eigenvalue weighted by Gasteiger charge is 2.22. The van der Waals surface area contributed by atoms with Crippen LogP contribution in [0.25, 0.3) is 0 Å². The second-order valence-electron chi connectivity index (χ2n) is 8.63. The number of hydrogen-bond donors (Lipinski definition) is 5. The number of aliphatic hydroxyl groups excluding tert-OH is 2. The van der Waals surface area contributed by atoms with Crippen molar-refractivity contribution >= 4 is 11.8 Å². The van der Waals surface area contributed by atoms with E-state index in [1.807, 2.05) is 0 Å². The second-order valence-corrected chi connectivity index (χ2v) is 8.63. The van der Waals surface area contributed by atoms with Gasteiger partial charge in [-0.2, -0.15) is 0 Å². The van der Waals surface area contributed by atoms with E-state index in [-0.39, 0.29) is 0 Å². The number of carbonyl (C=O) groups is 2. The molecule has 0 spiro atoms. The lowest BCUT2D eigenvalue weighted by Crippen LogP contribution is -2.54. The molecule has 0 aliphatic rings. The van der Waals surface area contributed by atoms with Crippen molar-refractivity contribution in [1.29, 1.82) is 0 Å². The molecule has 7 nitrogen and oxygen atoms in total. The van der Waals surface area contributed by atoms with Gasteiger partial charge in [-0.3, -0.25) is 9.59 Å². The van der Waals surface area contributed by atoms with Crippen LogP contribution < -0.4 is 16.4 Å². The number of carbonyl (C=O) groups excluding carboxylic acids is 2. The molecule has 0 radical (unpaired) electrons. The number of aliphatic hydroxyl groups is 2. The van der Waals surface area contributed by atoms with Gasteiger partial charge >= 0.3 is 0 Å². The molecule has 0 unspecified atom stereocenters. The van der Waals surface area contributed by atoms with Crippen molar-refractivity contribution in [1.82, 2.24) is 10.6 Å². The Morgan fingerprint density at radius 2 is 1.10 bits per heavy atom. The lowest BCUT2D eigenvalue weighted by molar-refractivity contribution is -0.131. The molecule has 7 heteroatoms. The Bertz CT molecular complexity index is 435. The summed E-state index contributed by atoms with van der Waals surface area (Å²) in [5, 5.41) is 23.2. The predicted octanol–water partition coefficient (Wildman–Crippen LogP) is 3.16. The molecule has 0 saturated heterocycles. The maximum Gasteiger partial charge on any atom is 0.244 e. The smallest absolute Gasteiger partial charge is 0.244 e. The molecule has 0 fully saturated rings. The van der Waals surface area contributed by atoms with Crippen molar-refractivity contribution < 1.29 is 19.8 Å². The van der Waals surface area contributed by atoms with Crippen LogP contribution >= 0.6 is 0 Å². The van der Waals surface area contributed by atoms with Crippen LogP contribution in [0.4, 0.5) is 0 Å². The van der Waals surface area contributed by atoms with Gasteiger partial charge in [0, 0.05) is 6.54 Å². The third kappa shape index (κ3) is 18.1. The van der Waals surface area contributed by atoms with Crippen LogP contribution in [0.3, 0.4) is 0 Å². The molecule has 2 amide bonds. The molecular weight excluding hydrogens is 394 g/mol. The topological polar surface area (TPSA) is 125 Å². The van der Waals surface area contributed by atoms with E-state index in [0.29, 0.717) is 6.54 Å². The highest BCUT2D eigenvalue weighted by molar-refractivity contribution is 5.89. The average Bonchev–Trinajstić information content (AvgIpc) is 2.78. The number of amides is 2.